The van der Waals surface area contributed by atoms with Crippen LogP contribution in [-0.4, -0.2) is 9.55 Å². The van der Waals surface area contributed by atoms with E-state index >= 15 is 0 Å². The molecular weight excluding hydrogens is 320 g/mol. The number of aromatic nitrogens is 2. The van der Waals surface area contributed by atoms with Gasteiger partial charge in [0, 0.05) is 10.8 Å². The van der Waals surface area contributed by atoms with Crippen LogP contribution in [0.1, 0.15) is 0 Å². The van der Waals surface area contributed by atoms with Gasteiger partial charge < -0.3 is 8.98 Å². The van der Waals surface area contributed by atoms with E-state index in [-0.39, 0.29) is 0 Å². The van der Waals surface area contributed by atoms with Crippen LogP contribution in [0.25, 0.3) is 49.4 Å². The first-order valence-electron chi connectivity index (χ1n) is 8.65. The average Bonchev–Trinajstić information content (AvgIpc) is 3.30. The molecule has 0 saturated carbocycles. The molecule has 6 rings (SSSR count). The number of rotatable bonds is 1. The van der Waals surface area contributed by atoms with Crippen molar-refractivity contribution in [1.82, 2.24) is 9.55 Å². The Morgan fingerprint density at radius 2 is 1.54 bits per heavy atom. The number of nitrogens with zero attached hydrogens (tertiary/aromatic N) is 2. The van der Waals surface area contributed by atoms with Gasteiger partial charge in [-0.1, -0.05) is 54.6 Å². The van der Waals surface area contributed by atoms with E-state index in [9.17, 15) is 0 Å². The molecule has 0 N–H and O–H groups in total. The molecule has 0 aliphatic rings. The molecule has 0 saturated heterocycles. The standard InChI is InChI=1S/C23H14N2O/c1-2-7-16-15(6-1)12-13-19-22(16)17-8-3-4-9-18(17)25(19)20-10-5-11-21-23(20)24-14-26-21/h1-14H. The molecule has 26 heavy (non-hydrogen) atoms. The fourth-order valence-corrected chi connectivity index (χ4v) is 4.05. The Hall–Kier alpha value is -3.59. The van der Waals surface area contributed by atoms with Crippen molar-refractivity contribution >= 4 is 43.7 Å². The minimum atomic E-state index is 0.800. The summed E-state index contributed by atoms with van der Waals surface area (Å²) < 4.78 is 7.82. The lowest BCUT2D eigenvalue weighted by Gasteiger charge is -2.08. The Balaban J connectivity index is 1.90. The zero-order valence-corrected chi connectivity index (χ0v) is 13.9. The summed E-state index contributed by atoms with van der Waals surface area (Å²) in [6, 6.07) is 27.6. The van der Waals surface area contributed by atoms with Gasteiger partial charge in [-0.3, -0.25) is 0 Å². The number of para-hydroxylation sites is 2. The van der Waals surface area contributed by atoms with Gasteiger partial charge in [0.15, 0.2) is 12.0 Å². The van der Waals surface area contributed by atoms with Crippen LogP contribution < -0.4 is 0 Å². The van der Waals surface area contributed by atoms with Crippen LogP contribution in [-0.2, 0) is 0 Å². The van der Waals surface area contributed by atoms with E-state index in [0.29, 0.717) is 0 Å². The predicted molar refractivity (Wildman–Crippen MR) is 106 cm³/mol. The molecule has 2 aromatic heterocycles. The van der Waals surface area contributed by atoms with Gasteiger partial charge in [-0.05, 0) is 35.0 Å². The van der Waals surface area contributed by atoms with Crippen molar-refractivity contribution in [2.45, 2.75) is 0 Å². The van der Waals surface area contributed by atoms with Gasteiger partial charge in [0.1, 0.15) is 5.52 Å². The Morgan fingerprint density at radius 1 is 0.692 bits per heavy atom. The first-order valence-corrected chi connectivity index (χ1v) is 8.65. The lowest BCUT2D eigenvalue weighted by molar-refractivity contribution is 0.602. The molecule has 3 nitrogen and oxygen atoms in total. The number of hydrogen-bond acceptors (Lipinski definition) is 2. The normalized spacial score (nSPS) is 11.8. The maximum Gasteiger partial charge on any atom is 0.182 e. The van der Waals surface area contributed by atoms with Crippen LogP contribution in [0, 0.1) is 0 Å². The van der Waals surface area contributed by atoms with Crippen LogP contribution in [0.3, 0.4) is 0 Å². The van der Waals surface area contributed by atoms with Gasteiger partial charge >= 0.3 is 0 Å². The number of hydrogen-bond donors (Lipinski definition) is 0. The molecular formula is C23H14N2O. The Kier molecular flexibility index (Phi) is 2.61. The highest BCUT2D eigenvalue weighted by Gasteiger charge is 2.16. The minimum Gasteiger partial charge on any atom is -0.443 e. The third kappa shape index (κ3) is 1.69. The second-order valence-electron chi connectivity index (χ2n) is 6.51. The summed E-state index contributed by atoms with van der Waals surface area (Å²) in [5.74, 6) is 0. The summed E-state index contributed by atoms with van der Waals surface area (Å²) in [4.78, 5) is 4.46. The minimum absolute atomic E-state index is 0.800. The highest BCUT2D eigenvalue weighted by Crippen LogP contribution is 2.37. The van der Waals surface area contributed by atoms with Gasteiger partial charge in [-0.2, -0.15) is 0 Å². The lowest BCUT2D eigenvalue weighted by Crippen LogP contribution is -1.94. The van der Waals surface area contributed by atoms with E-state index < -0.39 is 0 Å². The average molecular weight is 334 g/mol. The van der Waals surface area contributed by atoms with E-state index in [4.69, 9.17) is 4.42 Å². The zero-order valence-electron chi connectivity index (χ0n) is 13.9. The lowest BCUT2D eigenvalue weighted by atomic mass is 10.0. The molecule has 0 atom stereocenters. The van der Waals surface area contributed by atoms with Crippen molar-refractivity contribution in [2.75, 3.05) is 0 Å². The van der Waals surface area contributed by atoms with E-state index in [2.05, 4.69) is 76.3 Å². The Bertz CT molecular complexity index is 1440. The quantitative estimate of drug-likeness (QED) is 0.365. The molecule has 4 aromatic carbocycles. The molecule has 2 heterocycles. The summed E-state index contributed by atoms with van der Waals surface area (Å²) in [5.41, 5.74) is 5.07. The molecule has 0 amide bonds. The van der Waals surface area contributed by atoms with Crippen LogP contribution in [0.15, 0.2) is 89.7 Å². The van der Waals surface area contributed by atoms with Gasteiger partial charge in [0.2, 0.25) is 0 Å². The van der Waals surface area contributed by atoms with Crippen LogP contribution >= 0.6 is 0 Å². The molecule has 122 valence electrons. The number of fused-ring (bicyclic) bond motifs is 6. The van der Waals surface area contributed by atoms with Crippen molar-refractivity contribution in [1.29, 1.82) is 0 Å². The number of benzene rings is 4. The second kappa shape index (κ2) is 4.96. The summed E-state index contributed by atoms with van der Waals surface area (Å²) in [5, 5.41) is 5.05. The fraction of sp³-hybridized carbons (Fsp3) is 0. The van der Waals surface area contributed by atoms with E-state index in [1.54, 1.807) is 0 Å². The van der Waals surface area contributed by atoms with E-state index in [1.165, 1.54) is 39.0 Å². The third-order valence-corrected chi connectivity index (χ3v) is 5.14. The third-order valence-electron chi connectivity index (χ3n) is 5.14. The predicted octanol–water partition coefficient (Wildman–Crippen LogP) is 6.08. The smallest absolute Gasteiger partial charge is 0.182 e. The van der Waals surface area contributed by atoms with Gasteiger partial charge in [0.25, 0.3) is 0 Å². The van der Waals surface area contributed by atoms with E-state index in [0.717, 1.165) is 16.8 Å². The molecule has 0 aliphatic carbocycles. The summed E-state index contributed by atoms with van der Waals surface area (Å²) in [6.07, 6.45) is 1.51. The zero-order chi connectivity index (χ0) is 17.1. The van der Waals surface area contributed by atoms with Crippen LogP contribution in [0.4, 0.5) is 0 Å². The highest BCUT2D eigenvalue weighted by molar-refractivity contribution is 6.21. The van der Waals surface area contributed by atoms with Gasteiger partial charge in [0.05, 0.1) is 16.7 Å². The first-order chi connectivity index (χ1) is 12.9. The molecule has 0 spiro atoms. The first kappa shape index (κ1) is 13.7. The maximum absolute atomic E-state index is 5.53. The molecule has 6 aromatic rings. The molecule has 0 bridgehead atoms. The maximum atomic E-state index is 5.53. The van der Waals surface area contributed by atoms with Crippen LogP contribution in [0.2, 0.25) is 0 Å². The SMILES string of the molecule is c1ccc2c(c1)ccc1c2c2ccccc2n1-c1cccc2ocnc12. The molecule has 0 unspecified atom stereocenters. The number of oxazole rings is 1. The molecule has 0 fully saturated rings. The van der Waals surface area contributed by atoms with Crippen molar-refractivity contribution in [3.63, 3.8) is 0 Å². The Morgan fingerprint density at radius 3 is 2.50 bits per heavy atom. The Labute approximate surface area is 149 Å². The van der Waals surface area contributed by atoms with Crippen molar-refractivity contribution < 1.29 is 4.42 Å². The second-order valence-corrected chi connectivity index (χ2v) is 6.51. The molecule has 0 radical (unpaired) electrons. The van der Waals surface area contributed by atoms with Gasteiger partial charge in [-0.25, -0.2) is 4.98 Å². The van der Waals surface area contributed by atoms with Crippen molar-refractivity contribution in [3.8, 4) is 5.69 Å². The largest absolute Gasteiger partial charge is 0.443 e. The monoisotopic (exact) mass is 334 g/mol. The highest BCUT2D eigenvalue weighted by atomic mass is 16.3. The summed E-state index contributed by atoms with van der Waals surface area (Å²) >= 11 is 0. The van der Waals surface area contributed by atoms with Crippen molar-refractivity contribution in [3.05, 3.63) is 85.3 Å². The van der Waals surface area contributed by atoms with Gasteiger partial charge in [-0.15, -0.1) is 0 Å². The van der Waals surface area contributed by atoms with E-state index in [1.807, 2.05) is 12.1 Å². The van der Waals surface area contributed by atoms with Crippen molar-refractivity contribution in [2.24, 2.45) is 0 Å². The summed E-state index contributed by atoms with van der Waals surface area (Å²) in [6.45, 7) is 0. The van der Waals surface area contributed by atoms with Crippen LogP contribution in [0.5, 0.6) is 0 Å². The summed E-state index contributed by atoms with van der Waals surface area (Å²) in [7, 11) is 0. The fourth-order valence-electron chi connectivity index (χ4n) is 4.05. The topological polar surface area (TPSA) is 31.0 Å². The molecule has 3 heteroatoms. The molecule has 0 aliphatic heterocycles.